The summed E-state index contributed by atoms with van der Waals surface area (Å²) >= 11 is 0. The quantitative estimate of drug-likeness (QED) is 0.326. The molecule has 0 rings (SSSR count). The van der Waals surface area contributed by atoms with E-state index in [0.29, 0.717) is 0 Å². The van der Waals surface area contributed by atoms with Crippen molar-refractivity contribution in [2.45, 2.75) is 97.4 Å². The maximum Gasteiger partial charge on any atom is 0.0307 e. The summed E-state index contributed by atoms with van der Waals surface area (Å²) in [6.45, 7) is 10.2. The standard InChI is InChI=1S/C18H37N/c1-5-7-9-10-11-12-13-15-17-19-18(3,4)16-14-8-6-2/h14,16,19H,5-13,15,17H2,1-4H3/b16-14+. The van der Waals surface area contributed by atoms with Crippen molar-refractivity contribution in [2.75, 3.05) is 6.54 Å². The molecule has 0 radical (unpaired) electrons. The third-order valence-corrected chi connectivity index (χ3v) is 3.60. The first-order valence-electron chi connectivity index (χ1n) is 8.55. The molecule has 114 valence electrons. The van der Waals surface area contributed by atoms with Gasteiger partial charge in [0.15, 0.2) is 0 Å². The van der Waals surface area contributed by atoms with Crippen LogP contribution in [0.5, 0.6) is 0 Å². The second-order valence-corrected chi connectivity index (χ2v) is 6.31. The third kappa shape index (κ3) is 13.9. The van der Waals surface area contributed by atoms with E-state index in [4.69, 9.17) is 0 Å². The summed E-state index contributed by atoms with van der Waals surface area (Å²) in [4.78, 5) is 0. The highest BCUT2D eigenvalue weighted by Gasteiger charge is 2.10. The van der Waals surface area contributed by atoms with E-state index >= 15 is 0 Å². The van der Waals surface area contributed by atoms with Gasteiger partial charge in [-0.2, -0.15) is 0 Å². The predicted molar refractivity (Wildman–Crippen MR) is 88.7 cm³/mol. The van der Waals surface area contributed by atoms with Crippen LogP contribution in [-0.4, -0.2) is 12.1 Å². The summed E-state index contributed by atoms with van der Waals surface area (Å²) in [6.07, 6.45) is 18.3. The number of rotatable bonds is 13. The summed E-state index contributed by atoms with van der Waals surface area (Å²) in [5.41, 5.74) is 0.163. The topological polar surface area (TPSA) is 12.0 Å². The van der Waals surface area contributed by atoms with E-state index in [1.54, 1.807) is 0 Å². The fraction of sp³-hybridized carbons (Fsp3) is 0.889. The molecule has 0 atom stereocenters. The zero-order chi connectivity index (χ0) is 14.4. The SMILES string of the molecule is CCC/C=C/C(C)(C)NCCCCCCCCCC. The number of hydrogen-bond donors (Lipinski definition) is 1. The first-order chi connectivity index (χ1) is 9.12. The van der Waals surface area contributed by atoms with E-state index in [9.17, 15) is 0 Å². The Kier molecular flexibility index (Phi) is 12.5. The number of nitrogens with one attached hydrogen (secondary N) is 1. The van der Waals surface area contributed by atoms with Gasteiger partial charge in [0.25, 0.3) is 0 Å². The van der Waals surface area contributed by atoms with Gasteiger partial charge in [0.2, 0.25) is 0 Å². The van der Waals surface area contributed by atoms with Crippen LogP contribution < -0.4 is 5.32 Å². The fourth-order valence-corrected chi connectivity index (χ4v) is 2.27. The molecule has 0 aliphatic carbocycles. The van der Waals surface area contributed by atoms with Gasteiger partial charge in [0, 0.05) is 5.54 Å². The lowest BCUT2D eigenvalue weighted by Crippen LogP contribution is -2.37. The van der Waals surface area contributed by atoms with Crippen LogP contribution in [-0.2, 0) is 0 Å². The van der Waals surface area contributed by atoms with Crippen LogP contribution in [0.1, 0.15) is 91.9 Å². The van der Waals surface area contributed by atoms with Crippen LogP contribution in [0.3, 0.4) is 0 Å². The summed E-state index contributed by atoms with van der Waals surface area (Å²) in [6, 6.07) is 0. The minimum Gasteiger partial charge on any atom is -0.308 e. The molecule has 0 amide bonds. The lowest BCUT2D eigenvalue weighted by molar-refractivity contribution is 0.455. The van der Waals surface area contributed by atoms with Crippen molar-refractivity contribution < 1.29 is 0 Å². The smallest absolute Gasteiger partial charge is 0.0307 e. The summed E-state index contributed by atoms with van der Waals surface area (Å²) < 4.78 is 0. The van der Waals surface area contributed by atoms with Crippen molar-refractivity contribution >= 4 is 0 Å². The van der Waals surface area contributed by atoms with Crippen LogP contribution in [0.4, 0.5) is 0 Å². The molecule has 0 spiro atoms. The molecule has 0 aromatic rings. The molecule has 0 aliphatic heterocycles. The van der Waals surface area contributed by atoms with E-state index in [0.717, 1.165) is 6.54 Å². The second kappa shape index (κ2) is 12.7. The maximum atomic E-state index is 3.64. The Morgan fingerprint density at radius 2 is 1.37 bits per heavy atom. The monoisotopic (exact) mass is 267 g/mol. The molecule has 1 heteroatoms. The van der Waals surface area contributed by atoms with Crippen molar-refractivity contribution in [1.29, 1.82) is 0 Å². The number of allylic oxidation sites excluding steroid dienone is 1. The molecule has 1 N–H and O–H groups in total. The molecule has 19 heavy (non-hydrogen) atoms. The van der Waals surface area contributed by atoms with Gasteiger partial charge in [0.1, 0.15) is 0 Å². The summed E-state index contributed by atoms with van der Waals surface area (Å²) in [5, 5.41) is 3.64. The Morgan fingerprint density at radius 3 is 1.95 bits per heavy atom. The Bertz CT molecular complexity index is 206. The van der Waals surface area contributed by atoms with Crippen molar-refractivity contribution in [3.05, 3.63) is 12.2 Å². The van der Waals surface area contributed by atoms with Gasteiger partial charge in [-0.15, -0.1) is 0 Å². The van der Waals surface area contributed by atoms with Crippen LogP contribution in [0.2, 0.25) is 0 Å². The van der Waals surface area contributed by atoms with Crippen LogP contribution in [0.25, 0.3) is 0 Å². The average Bonchev–Trinajstić information content (AvgIpc) is 2.37. The second-order valence-electron chi connectivity index (χ2n) is 6.31. The van der Waals surface area contributed by atoms with Crippen LogP contribution >= 0.6 is 0 Å². The van der Waals surface area contributed by atoms with E-state index < -0.39 is 0 Å². The van der Waals surface area contributed by atoms with Gasteiger partial charge in [-0.25, -0.2) is 0 Å². The Balaban J connectivity index is 3.37. The van der Waals surface area contributed by atoms with Gasteiger partial charge >= 0.3 is 0 Å². The molecule has 0 unspecified atom stereocenters. The van der Waals surface area contributed by atoms with E-state index in [1.807, 2.05) is 0 Å². The molecule has 0 aliphatic rings. The van der Waals surface area contributed by atoms with Crippen LogP contribution in [0.15, 0.2) is 12.2 Å². The van der Waals surface area contributed by atoms with Crippen molar-refractivity contribution in [2.24, 2.45) is 0 Å². The molecule has 0 aromatic heterocycles. The molecule has 0 fully saturated rings. The largest absolute Gasteiger partial charge is 0.308 e. The van der Waals surface area contributed by atoms with Gasteiger partial charge in [-0.05, 0) is 33.2 Å². The highest BCUT2D eigenvalue weighted by atomic mass is 14.9. The normalized spacial score (nSPS) is 12.4. The molecule has 0 heterocycles. The van der Waals surface area contributed by atoms with E-state index in [-0.39, 0.29) is 5.54 Å². The third-order valence-electron chi connectivity index (χ3n) is 3.60. The van der Waals surface area contributed by atoms with E-state index in [2.05, 4.69) is 45.2 Å². The summed E-state index contributed by atoms with van der Waals surface area (Å²) in [5.74, 6) is 0. The zero-order valence-corrected chi connectivity index (χ0v) is 13.9. The van der Waals surface area contributed by atoms with E-state index in [1.165, 1.54) is 64.2 Å². The number of hydrogen-bond acceptors (Lipinski definition) is 1. The summed E-state index contributed by atoms with van der Waals surface area (Å²) in [7, 11) is 0. The lowest BCUT2D eigenvalue weighted by atomic mass is 10.0. The molecule has 1 nitrogen and oxygen atoms in total. The molecular formula is C18H37N. The lowest BCUT2D eigenvalue weighted by Gasteiger charge is -2.22. The van der Waals surface area contributed by atoms with Gasteiger partial charge < -0.3 is 5.32 Å². The molecule has 0 saturated carbocycles. The van der Waals surface area contributed by atoms with Gasteiger partial charge in [0.05, 0.1) is 0 Å². The predicted octanol–water partition coefficient (Wildman–Crippen LogP) is 5.85. The van der Waals surface area contributed by atoms with Crippen molar-refractivity contribution in [3.63, 3.8) is 0 Å². The molecule has 0 aromatic carbocycles. The highest BCUT2D eigenvalue weighted by Crippen LogP contribution is 2.09. The fourth-order valence-electron chi connectivity index (χ4n) is 2.27. The zero-order valence-electron chi connectivity index (χ0n) is 13.9. The van der Waals surface area contributed by atoms with Crippen molar-refractivity contribution in [3.8, 4) is 0 Å². The van der Waals surface area contributed by atoms with Crippen LogP contribution in [0, 0.1) is 0 Å². The maximum absolute atomic E-state index is 3.64. The van der Waals surface area contributed by atoms with Crippen molar-refractivity contribution in [1.82, 2.24) is 5.32 Å². The number of unbranched alkanes of at least 4 members (excludes halogenated alkanes) is 8. The average molecular weight is 268 g/mol. The molecular weight excluding hydrogens is 230 g/mol. The minimum absolute atomic E-state index is 0.163. The minimum atomic E-state index is 0.163. The Morgan fingerprint density at radius 1 is 0.789 bits per heavy atom. The first kappa shape index (κ1) is 18.7. The van der Waals surface area contributed by atoms with Gasteiger partial charge in [-0.3, -0.25) is 0 Å². The Hall–Kier alpha value is -0.300. The molecule has 0 bridgehead atoms. The van der Waals surface area contributed by atoms with Gasteiger partial charge in [-0.1, -0.05) is 77.4 Å². The highest BCUT2D eigenvalue weighted by molar-refractivity contribution is 5.00. The Labute approximate surface area is 122 Å². The molecule has 0 saturated heterocycles. The first-order valence-corrected chi connectivity index (χ1v) is 8.55.